The quantitative estimate of drug-likeness (QED) is 0.701. The van der Waals surface area contributed by atoms with Crippen molar-refractivity contribution < 1.29 is 32.2 Å². The average Bonchev–Trinajstić information content (AvgIpc) is 2.50. The number of hydrogen-bond donors (Lipinski definition) is 0. The Hall–Kier alpha value is -1.70. The van der Waals surface area contributed by atoms with Crippen molar-refractivity contribution in [2.75, 3.05) is 20.0 Å². The van der Waals surface area contributed by atoms with Gasteiger partial charge >= 0.3 is 6.18 Å². The van der Waals surface area contributed by atoms with Crippen LogP contribution in [-0.2, 0) is 4.79 Å². The topological polar surface area (TPSA) is 52.6 Å². The number of alkyl halides is 3. The lowest BCUT2D eigenvalue weighted by atomic mass is 9.98. The predicted octanol–water partition coefficient (Wildman–Crippen LogP) is 3.73. The van der Waals surface area contributed by atoms with Crippen molar-refractivity contribution in [1.82, 2.24) is 0 Å². The van der Waals surface area contributed by atoms with E-state index in [1.807, 2.05) is 0 Å². The number of ketones is 1. The van der Waals surface area contributed by atoms with E-state index in [1.165, 1.54) is 32.4 Å². The molecule has 8 heteroatoms. The summed E-state index contributed by atoms with van der Waals surface area (Å²) in [6.45, 7) is 1.58. The number of hydrogen-bond acceptors (Lipinski definition) is 5. The van der Waals surface area contributed by atoms with Crippen molar-refractivity contribution in [3.05, 3.63) is 23.8 Å². The lowest BCUT2D eigenvalue weighted by Gasteiger charge is -2.18. The van der Waals surface area contributed by atoms with Gasteiger partial charge in [0.25, 0.3) is 0 Å². The summed E-state index contributed by atoms with van der Waals surface area (Å²) in [6.07, 6.45) is -5.68. The van der Waals surface area contributed by atoms with Crippen LogP contribution < -0.4 is 9.47 Å². The molecule has 4 nitrogen and oxygen atoms in total. The molecule has 0 N–H and O–H groups in total. The molecule has 1 rings (SSSR count). The van der Waals surface area contributed by atoms with Crippen LogP contribution in [-0.4, -0.2) is 37.0 Å². The predicted molar refractivity (Wildman–Crippen MR) is 81.2 cm³/mol. The third kappa shape index (κ3) is 5.16. The second-order valence-electron chi connectivity index (χ2n) is 4.54. The summed E-state index contributed by atoms with van der Waals surface area (Å²) >= 11 is 0.561. The first-order chi connectivity index (χ1) is 10.7. The number of methoxy groups -OCH3 is 2. The fourth-order valence-electron chi connectivity index (χ4n) is 1.89. The standard InChI is InChI=1S/C15H17F3O4S/c1-4-23-14(20)10(15(16,17)18)8-11(19)9-5-6-12(21-2)13(7-9)22-3/h5-7,10H,4,8H2,1-3H3. The Morgan fingerprint density at radius 3 is 2.26 bits per heavy atom. The molecule has 0 radical (unpaired) electrons. The number of thioether (sulfide) groups is 1. The van der Waals surface area contributed by atoms with E-state index in [0.717, 1.165) is 0 Å². The Kier molecular flexibility index (Phi) is 6.93. The molecule has 0 saturated heterocycles. The summed E-state index contributed by atoms with van der Waals surface area (Å²) in [5.74, 6) is -2.28. The van der Waals surface area contributed by atoms with E-state index >= 15 is 0 Å². The number of carbonyl (C=O) groups is 2. The number of carbonyl (C=O) groups excluding carboxylic acids is 2. The maximum atomic E-state index is 13.0. The van der Waals surface area contributed by atoms with Crippen LogP contribution in [0.25, 0.3) is 0 Å². The van der Waals surface area contributed by atoms with Gasteiger partial charge < -0.3 is 9.47 Å². The third-order valence-electron chi connectivity index (χ3n) is 3.06. The second kappa shape index (κ2) is 8.24. The van der Waals surface area contributed by atoms with Crippen LogP contribution in [0.1, 0.15) is 23.7 Å². The summed E-state index contributed by atoms with van der Waals surface area (Å²) in [4.78, 5) is 23.7. The number of rotatable bonds is 7. The molecule has 0 aliphatic carbocycles. The lowest BCUT2D eigenvalue weighted by Crippen LogP contribution is -2.31. The zero-order valence-electron chi connectivity index (χ0n) is 12.9. The molecule has 0 amide bonds. The van der Waals surface area contributed by atoms with Crippen LogP contribution >= 0.6 is 11.8 Å². The highest BCUT2D eigenvalue weighted by molar-refractivity contribution is 8.13. The molecule has 0 aromatic heterocycles. The zero-order chi connectivity index (χ0) is 17.6. The smallest absolute Gasteiger partial charge is 0.399 e. The first-order valence-electron chi connectivity index (χ1n) is 6.73. The van der Waals surface area contributed by atoms with Gasteiger partial charge in [-0.1, -0.05) is 18.7 Å². The minimum absolute atomic E-state index is 0.0335. The minimum atomic E-state index is -4.76. The minimum Gasteiger partial charge on any atom is -0.493 e. The van der Waals surface area contributed by atoms with Crippen LogP contribution in [0.4, 0.5) is 13.2 Å². The monoisotopic (exact) mass is 350 g/mol. The van der Waals surface area contributed by atoms with Crippen LogP contribution in [0.5, 0.6) is 11.5 Å². The van der Waals surface area contributed by atoms with Gasteiger partial charge in [-0.15, -0.1) is 0 Å². The van der Waals surface area contributed by atoms with Crippen molar-refractivity contribution in [2.45, 2.75) is 19.5 Å². The first kappa shape index (κ1) is 19.3. The van der Waals surface area contributed by atoms with Crippen molar-refractivity contribution >= 4 is 22.7 Å². The van der Waals surface area contributed by atoms with Gasteiger partial charge in [0.2, 0.25) is 5.12 Å². The molecular formula is C15H17F3O4S. The molecule has 0 saturated carbocycles. The lowest BCUT2D eigenvalue weighted by molar-refractivity contribution is -0.175. The Labute approximate surface area is 136 Å². The Morgan fingerprint density at radius 2 is 1.78 bits per heavy atom. The molecule has 0 aliphatic rings. The van der Waals surface area contributed by atoms with Crippen molar-refractivity contribution in [3.63, 3.8) is 0 Å². The van der Waals surface area contributed by atoms with Gasteiger partial charge in [-0.2, -0.15) is 13.2 Å². The molecule has 0 fully saturated rings. The summed E-state index contributed by atoms with van der Waals surface area (Å²) in [5, 5.41) is -1.05. The molecule has 1 aromatic rings. The fraction of sp³-hybridized carbons (Fsp3) is 0.467. The first-order valence-corrected chi connectivity index (χ1v) is 7.71. The van der Waals surface area contributed by atoms with Gasteiger partial charge in [-0.25, -0.2) is 0 Å². The van der Waals surface area contributed by atoms with E-state index in [1.54, 1.807) is 6.92 Å². The molecule has 0 heterocycles. The van der Waals surface area contributed by atoms with Crippen LogP contribution in [0, 0.1) is 5.92 Å². The molecular weight excluding hydrogens is 333 g/mol. The maximum absolute atomic E-state index is 13.0. The molecule has 23 heavy (non-hydrogen) atoms. The summed E-state index contributed by atoms with van der Waals surface area (Å²) < 4.78 is 49.0. The summed E-state index contributed by atoms with van der Waals surface area (Å²) in [5.41, 5.74) is 0.0335. The van der Waals surface area contributed by atoms with Gasteiger partial charge in [0.05, 0.1) is 14.2 Å². The van der Waals surface area contributed by atoms with E-state index in [9.17, 15) is 22.8 Å². The SMILES string of the molecule is CCSC(=O)C(CC(=O)c1ccc(OC)c(OC)c1)C(F)(F)F. The molecule has 0 aliphatic heterocycles. The van der Waals surface area contributed by atoms with E-state index in [-0.39, 0.29) is 17.1 Å². The molecule has 1 unspecified atom stereocenters. The van der Waals surface area contributed by atoms with Crippen molar-refractivity contribution in [1.29, 1.82) is 0 Å². The largest absolute Gasteiger partial charge is 0.493 e. The fourth-order valence-corrected chi connectivity index (χ4v) is 2.59. The third-order valence-corrected chi connectivity index (χ3v) is 3.92. The molecule has 1 aromatic carbocycles. The van der Waals surface area contributed by atoms with Crippen LogP contribution in [0.15, 0.2) is 18.2 Å². The van der Waals surface area contributed by atoms with Gasteiger partial charge in [-0.3, -0.25) is 9.59 Å². The van der Waals surface area contributed by atoms with Gasteiger partial charge in [0.1, 0.15) is 5.92 Å². The van der Waals surface area contributed by atoms with Gasteiger partial charge in [-0.05, 0) is 24.0 Å². The maximum Gasteiger partial charge on any atom is 0.399 e. The number of halogens is 3. The Balaban J connectivity index is 3.01. The highest BCUT2D eigenvalue weighted by atomic mass is 32.2. The van der Waals surface area contributed by atoms with E-state index in [4.69, 9.17) is 9.47 Å². The molecule has 0 spiro atoms. The van der Waals surface area contributed by atoms with E-state index < -0.39 is 29.4 Å². The normalized spacial score (nSPS) is 12.6. The van der Waals surface area contributed by atoms with Gasteiger partial charge in [0, 0.05) is 12.0 Å². The van der Waals surface area contributed by atoms with Crippen LogP contribution in [0.2, 0.25) is 0 Å². The highest BCUT2D eigenvalue weighted by Crippen LogP contribution is 2.35. The van der Waals surface area contributed by atoms with E-state index in [0.29, 0.717) is 17.5 Å². The Morgan fingerprint density at radius 1 is 1.17 bits per heavy atom. The Bertz CT molecular complexity index is 572. The molecule has 1 atom stereocenters. The van der Waals surface area contributed by atoms with Crippen LogP contribution in [0.3, 0.4) is 0 Å². The van der Waals surface area contributed by atoms with E-state index in [2.05, 4.69) is 0 Å². The van der Waals surface area contributed by atoms with Gasteiger partial charge in [0.15, 0.2) is 17.3 Å². The number of ether oxygens (including phenoxy) is 2. The molecule has 0 bridgehead atoms. The van der Waals surface area contributed by atoms with Crippen molar-refractivity contribution in [3.8, 4) is 11.5 Å². The zero-order valence-corrected chi connectivity index (χ0v) is 13.7. The number of benzene rings is 1. The average molecular weight is 350 g/mol. The number of Topliss-reactive ketones (excluding diaryl/α,β-unsaturated/α-hetero) is 1. The highest BCUT2D eigenvalue weighted by Gasteiger charge is 2.45. The van der Waals surface area contributed by atoms with Crippen molar-refractivity contribution in [2.24, 2.45) is 5.92 Å². The molecule has 128 valence electrons. The summed E-state index contributed by atoms with van der Waals surface area (Å²) in [6, 6.07) is 4.07. The summed E-state index contributed by atoms with van der Waals surface area (Å²) in [7, 11) is 2.76. The second-order valence-corrected chi connectivity index (χ2v) is 5.81.